The van der Waals surface area contributed by atoms with Crippen molar-refractivity contribution in [3.8, 4) is 5.75 Å². The Hall–Kier alpha value is -1.02. The van der Waals surface area contributed by atoms with Gasteiger partial charge in [0.05, 0.1) is 6.61 Å². The number of hydrogen-bond donors (Lipinski definition) is 0. The molecule has 0 spiro atoms. The van der Waals surface area contributed by atoms with Crippen molar-refractivity contribution in [2.45, 2.75) is 39.0 Å². The van der Waals surface area contributed by atoms with E-state index in [0.29, 0.717) is 0 Å². The molecule has 0 amide bonds. The summed E-state index contributed by atoms with van der Waals surface area (Å²) in [5, 5.41) is 0. The maximum atomic E-state index is 5.88. The summed E-state index contributed by atoms with van der Waals surface area (Å²) >= 11 is 0. The lowest BCUT2D eigenvalue weighted by atomic mass is 10.1. The van der Waals surface area contributed by atoms with Crippen LogP contribution in [-0.4, -0.2) is 32.1 Å². The molecule has 0 N–H and O–H groups in total. The zero-order chi connectivity index (χ0) is 13.2. The average molecular weight is 249 g/mol. The van der Waals surface area contributed by atoms with Crippen LogP contribution in [0.25, 0.3) is 0 Å². The van der Waals surface area contributed by atoms with Crippen molar-refractivity contribution in [3.63, 3.8) is 0 Å². The summed E-state index contributed by atoms with van der Waals surface area (Å²) in [7, 11) is 4.24. The highest BCUT2D eigenvalue weighted by atomic mass is 16.5. The van der Waals surface area contributed by atoms with Gasteiger partial charge in [0, 0.05) is 0 Å². The second kappa shape index (κ2) is 8.98. The summed E-state index contributed by atoms with van der Waals surface area (Å²) in [4.78, 5) is 2.23. The monoisotopic (exact) mass is 249 g/mol. The molecule has 0 aromatic heterocycles. The van der Waals surface area contributed by atoms with E-state index < -0.39 is 0 Å². The fourth-order valence-electron chi connectivity index (χ4n) is 1.97. The van der Waals surface area contributed by atoms with E-state index in [1.165, 1.54) is 24.8 Å². The van der Waals surface area contributed by atoms with E-state index in [0.717, 1.165) is 31.7 Å². The Balaban J connectivity index is 2.40. The largest absolute Gasteiger partial charge is 0.493 e. The first kappa shape index (κ1) is 15.0. The first-order valence-electron chi connectivity index (χ1n) is 7.09. The average Bonchev–Trinajstić information content (AvgIpc) is 2.36. The number of para-hydroxylation sites is 1. The maximum Gasteiger partial charge on any atom is 0.122 e. The smallest absolute Gasteiger partial charge is 0.122 e. The lowest BCUT2D eigenvalue weighted by Crippen LogP contribution is -2.13. The van der Waals surface area contributed by atoms with Gasteiger partial charge in [0.15, 0.2) is 0 Å². The molecule has 0 aliphatic carbocycles. The Kier molecular flexibility index (Phi) is 7.51. The second-order valence-electron chi connectivity index (χ2n) is 5.07. The van der Waals surface area contributed by atoms with Crippen molar-refractivity contribution in [1.29, 1.82) is 0 Å². The van der Waals surface area contributed by atoms with Gasteiger partial charge < -0.3 is 9.64 Å². The van der Waals surface area contributed by atoms with E-state index in [1.54, 1.807) is 0 Å². The van der Waals surface area contributed by atoms with Crippen molar-refractivity contribution < 1.29 is 4.74 Å². The maximum absolute atomic E-state index is 5.88. The summed E-state index contributed by atoms with van der Waals surface area (Å²) in [6, 6.07) is 8.44. The molecule has 0 saturated heterocycles. The summed E-state index contributed by atoms with van der Waals surface area (Å²) in [6.45, 7) is 4.19. The number of benzene rings is 1. The van der Waals surface area contributed by atoms with Crippen LogP contribution in [-0.2, 0) is 6.42 Å². The van der Waals surface area contributed by atoms with E-state index in [-0.39, 0.29) is 0 Å². The number of rotatable bonds is 9. The molecule has 0 aliphatic heterocycles. The molecule has 2 nitrogen and oxygen atoms in total. The molecular weight excluding hydrogens is 222 g/mol. The van der Waals surface area contributed by atoms with Gasteiger partial charge in [-0.25, -0.2) is 0 Å². The fourth-order valence-corrected chi connectivity index (χ4v) is 1.97. The van der Waals surface area contributed by atoms with Gasteiger partial charge in [-0.3, -0.25) is 0 Å². The van der Waals surface area contributed by atoms with Crippen LogP contribution in [0.5, 0.6) is 5.75 Å². The van der Waals surface area contributed by atoms with E-state index in [1.807, 2.05) is 0 Å². The highest BCUT2D eigenvalue weighted by molar-refractivity contribution is 5.33. The fraction of sp³-hybridized carbons (Fsp3) is 0.625. The molecule has 0 bridgehead atoms. The van der Waals surface area contributed by atoms with Crippen LogP contribution in [0.4, 0.5) is 0 Å². The van der Waals surface area contributed by atoms with E-state index >= 15 is 0 Å². The summed E-state index contributed by atoms with van der Waals surface area (Å²) in [5.74, 6) is 1.08. The van der Waals surface area contributed by atoms with Crippen molar-refractivity contribution in [1.82, 2.24) is 4.90 Å². The molecule has 2 heteroatoms. The molecular formula is C16H27NO. The van der Waals surface area contributed by atoms with Crippen molar-refractivity contribution in [2.75, 3.05) is 27.2 Å². The highest BCUT2D eigenvalue weighted by Gasteiger charge is 2.03. The first-order chi connectivity index (χ1) is 8.74. The zero-order valence-corrected chi connectivity index (χ0v) is 12.1. The molecule has 1 aromatic carbocycles. The van der Waals surface area contributed by atoms with Crippen LogP contribution in [0.3, 0.4) is 0 Å². The number of unbranched alkanes of at least 4 members (excludes halogenated alkanes) is 2. The summed E-state index contributed by atoms with van der Waals surface area (Å²) < 4.78 is 5.88. The molecule has 0 aliphatic rings. The molecule has 0 saturated carbocycles. The van der Waals surface area contributed by atoms with Gasteiger partial charge in [-0.05, 0) is 51.5 Å². The zero-order valence-electron chi connectivity index (χ0n) is 12.1. The SMILES string of the molecule is CCCCCOc1ccccc1CCCN(C)C. The molecule has 102 valence electrons. The molecule has 0 radical (unpaired) electrons. The number of ether oxygens (including phenoxy) is 1. The minimum Gasteiger partial charge on any atom is -0.493 e. The molecule has 0 fully saturated rings. The minimum atomic E-state index is 0.846. The van der Waals surface area contributed by atoms with Crippen LogP contribution < -0.4 is 4.74 Å². The van der Waals surface area contributed by atoms with Crippen LogP contribution in [0.15, 0.2) is 24.3 Å². The van der Waals surface area contributed by atoms with Gasteiger partial charge in [0.1, 0.15) is 5.75 Å². The van der Waals surface area contributed by atoms with Crippen LogP contribution in [0, 0.1) is 0 Å². The van der Waals surface area contributed by atoms with Crippen molar-refractivity contribution in [3.05, 3.63) is 29.8 Å². The highest BCUT2D eigenvalue weighted by Crippen LogP contribution is 2.20. The summed E-state index contributed by atoms with van der Waals surface area (Å²) in [5.41, 5.74) is 1.34. The predicted octanol–water partition coefficient (Wildman–Crippen LogP) is 3.75. The third-order valence-electron chi connectivity index (χ3n) is 3.03. The van der Waals surface area contributed by atoms with Gasteiger partial charge in [0.25, 0.3) is 0 Å². The lowest BCUT2D eigenvalue weighted by molar-refractivity contribution is 0.302. The minimum absolute atomic E-state index is 0.846. The third-order valence-corrected chi connectivity index (χ3v) is 3.03. The standard InChI is InChI=1S/C16H27NO/c1-4-5-8-14-18-16-12-7-6-10-15(16)11-9-13-17(2)3/h6-7,10,12H,4-5,8-9,11,13-14H2,1-3H3. The number of hydrogen-bond acceptors (Lipinski definition) is 2. The van der Waals surface area contributed by atoms with Crippen LogP contribution in [0.2, 0.25) is 0 Å². The molecule has 18 heavy (non-hydrogen) atoms. The van der Waals surface area contributed by atoms with Gasteiger partial charge in [0.2, 0.25) is 0 Å². The third kappa shape index (κ3) is 6.06. The lowest BCUT2D eigenvalue weighted by Gasteiger charge is -2.13. The Morgan fingerprint density at radius 2 is 1.83 bits per heavy atom. The quantitative estimate of drug-likeness (QED) is 0.618. The number of aryl methyl sites for hydroxylation is 1. The van der Waals surface area contributed by atoms with Gasteiger partial charge >= 0.3 is 0 Å². The molecule has 0 unspecified atom stereocenters. The Bertz CT molecular complexity index is 323. The van der Waals surface area contributed by atoms with E-state index in [2.05, 4.69) is 50.2 Å². The predicted molar refractivity (Wildman–Crippen MR) is 78.3 cm³/mol. The van der Waals surface area contributed by atoms with Crippen molar-refractivity contribution >= 4 is 0 Å². The molecule has 1 rings (SSSR count). The van der Waals surface area contributed by atoms with E-state index in [4.69, 9.17) is 4.74 Å². The summed E-state index contributed by atoms with van der Waals surface area (Å²) in [6.07, 6.45) is 5.93. The topological polar surface area (TPSA) is 12.5 Å². The number of nitrogens with zero attached hydrogens (tertiary/aromatic N) is 1. The molecule has 0 atom stereocenters. The first-order valence-corrected chi connectivity index (χ1v) is 7.09. The van der Waals surface area contributed by atoms with Crippen LogP contribution >= 0.6 is 0 Å². The molecule has 0 heterocycles. The Morgan fingerprint density at radius 1 is 1.06 bits per heavy atom. The van der Waals surface area contributed by atoms with Crippen molar-refractivity contribution in [2.24, 2.45) is 0 Å². The van der Waals surface area contributed by atoms with Gasteiger partial charge in [-0.1, -0.05) is 38.0 Å². The van der Waals surface area contributed by atoms with Crippen LogP contribution in [0.1, 0.15) is 38.2 Å². The van der Waals surface area contributed by atoms with Gasteiger partial charge in [-0.2, -0.15) is 0 Å². The Morgan fingerprint density at radius 3 is 2.56 bits per heavy atom. The normalized spacial score (nSPS) is 10.9. The van der Waals surface area contributed by atoms with Gasteiger partial charge in [-0.15, -0.1) is 0 Å². The Labute approximate surface area is 112 Å². The van der Waals surface area contributed by atoms with E-state index in [9.17, 15) is 0 Å². The molecule has 1 aromatic rings. The second-order valence-corrected chi connectivity index (χ2v) is 5.07.